The van der Waals surface area contributed by atoms with Gasteiger partial charge in [-0.25, -0.2) is 9.36 Å². The van der Waals surface area contributed by atoms with Gasteiger partial charge >= 0.3 is 6.09 Å². The zero-order valence-corrected chi connectivity index (χ0v) is 13.7. The van der Waals surface area contributed by atoms with E-state index in [2.05, 4.69) is 15.9 Å². The van der Waals surface area contributed by atoms with Crippen molar-refractivity contribution in [3.8, 4) is 5.75 Å². The number of nitrogens with zero attached hydrogens (tertiary/aromatic N) is 1. The molecule has 1 heterocycles. The topological polar surface area (TPSA) is 40.5 Å². The highest BCUT2D eigenvalue weighted by molar-refractivity contribution is 9.08. The van der Waals surface area contributed by atoms with Crippen LogP contribution in [0.25, 0.3) is 10.9 Å². The molecule has 5 heteroatoms. The number of rotatable bonds is 2. The SMILES string of the molecule is COc1cccc2c(CBr)cn(C(=O)OC(C)(C)C)c12. The molecule has 108 valence electrons. The van der Waals surface area contributed by atoms with Crippen molar-refractivity contribution in [2.75, 3.05) is 7.11 Å². The standard InChI is InChI=1S/C15H18BrNO3/c1-15(2,3)20-14(18)17-9-10(8-16)11-6-5-7-12(19-4)13(11)17/h5-7,9H,8H2,1-4H3. The van der Waals surface area contributed by atoms with Crippen LogP contribution in [-0.2, 0) is 10.1 Å². The van der Waals surface area contributed by atoms with Gasteiger partial charge in [-0.15, -0.1) is 0 Å². The van der Waals surface area contributed by atoms with Crippen LogP contribution < -0.4 is 4.74 Å². The first kappa shape index (κ1) is 14.9. The molecule has 0 radical (unpaired) electrons. The van der Waals surface area contributed by atoms with Crippen molar-refractivity contribution in [1.29, 1.82) is 0 Å². The third-order valence-corrected chi connectivity index (χ3v) is 3.43. The summed E-state index contributed by atoms with van der Waals surface area (Å²) >= 11 is 3.44. The Morgan fingerprint density at radius 2 is 2.05 bits per heavy atom. The molecule has 0 amide bonds. The smallest absolute Gasteiger partial charge is 0.419 e. The lowest BCUT2D eigenvalue weighted by Gasteiger charge is -2.20. The highest BCUT2D eigenvalue weighted by Gasteiger charge is 2.22. The predicted molar refractivity (Wildman–Crippen MR) is 82.8 cm³/mol. The molecular weight excluding hydrogens is 322 g/mol. The van der Waals surface area contributed by atoms with Gasteiger partial charge in [0.05, 0.1) is 7.11 Å². The van der Waals surface area contributed by atoms with E-state index in [0.29, 0.717) is 11.1 Å². The van der Waals surface area contributed by atoms with E-state index < -0.39 is 11.7 Å². The molecule has 0 aliphatic carbocycles. The van der Waals surface area contributed by atoms with Crippen LogP contribution in [0.15, 0.2) is 24.4 Å². The molecule has 0 saturated heterocycles. The first-order chi connectivity index (χ1) is 9.37. The summed E-state index contributed by atoms with van der Waals surface area (Å²) < 4.78 is 12.3. The molecule has 4 nitrogen and oxygen atoms in total. The molecule has 0 aliphatic rings. The van der Waals surface area contributed by atoms with Crippen LogP contribution in [-0.4, -0.2) is 23.4 Å². The van der Waals surface area contributed by atoms with E-state index in [9.17, 15) is 4.79 Å². The van der Waals surface area contributed by atoms with Crippen LogP contribution in [0.1, 0.15) is 26.3 Å². The molecular formula is C15H18BrNO3. The van der Waals surface area contributed by atoms with Gasteiger partial charge in [-0.3, -0.25) is 0 Å². The fraction of sp³-hybridized carbons (Fsp3) is 0.400. The molecule has 1 aromatic carbocycles. The first-order valence-corrected chi connectivity index (χ1v) is 7.46. The number of halogens is 1. The maximum absolute atomic E-state index is 12.3. The number of alkyl halides is 1. The minimum absolute atomic E-state index is 0.404. The number of hydrogen-bond donors (Lipinski definition) is 0. The molecule has 20 heavy (non-hydrogen) atoms. The maximum Gasteiger partial charge on any atom is 0.419 e. The minimum Gasteiger partial charge on any atom is -0.495 e. The van der Waals surface area contributed by atoms with Crippen molar-refractivity contribution in [2.45, 2.75) is 31.7 Å². The Morgan fingerprint density at radius 1 is 1.35 bits per heavy atom. The molecule has 0 N–H and O–H groups in total. The lowest BCUT2D eigenvalue weighted by Crippen LogP contribution is -2.26. The molecule has 0 saturated carbocycles. The zero-order chi connectivity index (χ0) is 14.9. The molecule has 0 fully saturated rings. The summed E-state index contributed by atoms with van der Waals surface area (Å²) in [5, 5.41) is 1.64. The van der Waals surface area contributed by atoms with Crippen LogP contribution in [0.3, 0.4) is 0 Å². The highest BCUT2D eigenvalue weighted by Crippen LogP contribution is 2.31. The van der Waals surface area contributed by atoms with Crippen LogP contribution in [0.5, 0.6) is 5.75 Å². The van der Waals surface area contributed by atoms with Gasteiger partial charge in [0, 0.05) is 16.9 Å². The Balaban J connectivity index is 2.61. The molecule has 0 bridgehead atoms. The predicted octanol–water partition coefficient (Wildman–Crippen LogP) is 4.33. The molecule has 0 unspecified atom stereocenters. The second kappa shape index (κ2) is 5.48. The number of ether oxygens (including phenoxy) is 2. The normalized spacial score (nSPS) is 11.7. The Morgan fingerprint density at radius 3 is 2.60 bits per heavy atom. The van der Waals surface area contributed by atoms with E-state index >= 15 is 0 Å². The van der Waals surface area contributed by atoms with Gasteiger partial charge in [-0.1, -0.05) is 28.1 Å². The van der Waals surface area contributed by atoms with Crippen molar-refractivity contribution in [1.82, 2.24) is 4.57 Å². The number of fused-ring (bicyclic) bond motifs is 1. The fourth-order valence-corrected chi connectivity index (χ4v) is 2.49. The number of methoxy groups -OCH3 is 1. The van der Waals surface area contributed by atoms with Crippen molar-refractivity contribution < 1.29 is 14.3 Å². The number of para-hydroxylation sites is 1. The van der Waals surface area contributed by atoms with Crippen LogP contribution in [0.4, 0.5) is 4.79 Å². The molecule has 1 aromatic heterocycles. The summed E-state index contributed by atoms with van der Waals surface area (Å²) in [6, 6.07) is 5.71. The van der Waals surface area contributed by atoms with E-state index in [1.807, 2.05) is 39.0 Å². The number of carbonyl (C=O) groups excluding carboxylic acids is 1. The highest BCUT2D eigenvalue weighted by atomic mass is 79.9. The average Bonchev–Trinajstić information content (AvgIpc) is 2.75. The van der Waals surface area contributed by atoms with E-state index in [1.54, 1.807) is 13.3 Å². The molecule has 2 aromatic rings. The van der Waals surface area contributed by atoms with Crippen LogP contribution in [0, 0.1) is 0 Å². The maximum atomic E-state index is 12.3. The quantitative estimate of drug-likeness (QED) is 0.764. The van der Waals surface area contributed by atoms with Crippen molar-refractivity contribution in [2.24, 2.45) is 0 Å². The Hall–Kier alpha value is -1.49. The third-order valence-electron chi connectivity index (χ3n) is 2.82. The minimum atomic E-state index is -0.537. The third kappa shape index (κ3) is 2.82. The molecule has 0 spiro atoms. The molecule has 2 rings (SSSR count). The van der Waals surface area contributed by atoms with Gasteiger partial charge in [0.2, 0.25) is 0 Å². The molecule has 0 aliphatic heterocycles. The fourth-order valence-electron chi connectivity index (χ4n) is 2.05. The number of benzene rings is 1. The lowest BCUT2D eigenvalue weighted by molar-refractivity contribution is 0.0543. The lowest BCUT2D eigenvalue weighted by atomic mass is 10.2. The second-order valence-corrected chi connectivity index (χ2v) is 6.06. The number of aromatic nitrogens is 1. The van der Waals surface area contributed by atoms with E-state index in [4.69, 9.17) is 9.47 Å². The van der Waals surface area contributed by atoms with Gasteiger partial charge in [0.15, 0.2) is 0 Å². The number of hydrogen-bond acceptors (Lipinski definition) is 3. The number of carbonyl (C=O) groups is 1. The first-order valence-electron chi connectivity index (χ1n) is 6.33. The van der Waals surface area contributed by atoms with Crippen LogP contribution >= 0.6 is 15.9 Å². The van der Waals surface area contributed by atoms with E-state index in [-0.39, 0.29) is 0 Å². The van der Waals surface area contributed by atoms with Crippen molar-refractivity contribution in [3.05, 3.63) is 30.0 Å². The van der Waals surface area contributed by atoms with Crippen molar-refractivity contribution in [3.63, 3.8) is 0 Å². The second-order valence-electron chi connectivity index (χ2n) is 5.49. The van der Waals surface area contributed by atoms with Crippen LogP contribution in [0.2, 0.25) is 0 Å². The molecule has 0 atom stereocenters. The van der Waals surface area contributed by atoms with E-state index in [1.165, 1.54) is 4.57 Å². The van der Waals surface area contributed by atoms with E-state index in [0.717, 1.165) is 16.5 Å². The summed E-state index contributed by atoms with van der Waals surface area (Å²) in [4.78, 5) is 12.3. The Kier molecular flexibility index (Phi) is 4.09. The summed E-state index contributed by atoms with van der Waals surface area (Å²) in [6.45, 7) is 5.54. The Labute approximate surface area is 126 Å². The largest absolute Gasteiger partial charge is 0.495 e. The summed E-state index contributed by atoms with van der Waals surface area (Å²) in [5.41, 5.74) is 1.22. The monoisotopic (exact) mass is 339 g/mol. The summed E-state index contributed by atoms with van der Waals surface area (Å²) in [7, 11) is 1.59. The van der Waals surface area contributed by atoms with Gasteiger partial charge in [0.1, 0.15) is 16.9 Å². The van der Waals surface area contributed by atoms with Crippen molar-refractivity contribution >= 4 is 32.9 Å². The summed E-state index contributed by atoms with van der Waals surface area (Å²) in [6.07, 6.45) is 1.38. The Bertz CT molecular complexity index is 640. The summed E-state index contributed by atoms with van der Waals surface area (Å²) in [5.74, 6) is 0.653. The van der Waals surface area contributed by atoms with Gasteiger partial charge in [-0.2, -0.15) is 0 Å². The van der Waals surface area contributed by atoms with Gasteiger partial charge < -0.3 is 9.47 Å². The zero-order valence-electron chi connectivity index (χ0n) is 12.1. The van der Waals surface area contributed by atoms with Gasteiger partial charge in [-0.05, 0) is 32.4 Å². The van der Waals surface area contributed by atoms with Gasteiger partial charge in [0.25, 0.3) is 0 Å². The average molecular weight is 340 g/mol.